The fourth-order valence-corrected chi connectivity index (χ4v) is 6.02. The van der Waals surface area contributed by atoms with Crippen LogP contribution in [0.15, 0.2) is 40.9 Å². The van der Waals surface area contributed by atoms with E-state index in [-0.39, 0.29) is 4.47 Å². The molecule has 1 heterocycles. The zero-order valence-corrected chi connectivity index (χ0v) is 20.8. The lowest BCUT2D eigenvalue weighted by Gasteiger charge is -2.20. The molecule has 0 spiro atoms. The van der Waals surface area contributed by atoms with Gasteiger partial charge in [-0.05, 0) is 49.8 Å². The van der Waals surface area contributed by atoms with E-state index in [4.69, 9.17) is 14.5 Å². The first-order valence-corrected chi connectivity index (χ1v) is 13.5. The molecule has 2 aromatic carbocycles. The topological polar surface area (TPSA) is 71.7 Å². The summed E-state index contributed by atoms with van der Waals surface area (Å²) in [6.45, 7) is 3.53. The lowest BCUT2D eigenvalue weighted by atomic mass is 10.0. The Morgan fingerprint density at radius 2 is 1.91 bits per heavy atom. The molecule has 0 aliphatic heterocycles. The smallest absolute Gasteiger partial charge is 0.377 e. The number of ether oxygens (including phenoxy) is 1. The summed E-state index contributed by atoms with van der Waals surface area (Å²) in [5.41, 5.74) is 0.614. The Bertz CT molecular complexity index is 1220. The standard InChI is InChI=1S/C24H27BrF2NO4P/c1-2-32-15-17-7-6-9-19-18-8-4-3-5-10-22(18)28(23(17)19)14-16-11-12-20(21(25)13-16)24(26,27)33(29,30)31/h6-7,9,11-13H,2-5,8,10,14-15H2,1H3,(H2,29,30,31). The fourth-order valence-electron chi connectivity index (χ4n) is 4.69. The molecule has 0 fully saturated rings. The van der Waals surface area contributed by atoms with E-state index in [9.17, 15) is 13.3 Å². The van der Waals surface area contributed by atoms with Crippen LogP contribution in [0.3, 0.4) is 0 Å². The highest BCUT2D eigenvalue weighted by molar-refractivity contribution is 9.10. The fraction of sp³-hybridized carbons (Fsp3) is 0.417. The van der Waals surface area contributed by atoms with Gasteiger partial charge in [-0.1, -0.05) is 52.7 Å². The van der Waals surface area contributed by atoms with Crippen molar-refractivity contribution in [1.82, 2.24) is 4.57 Å². The number of benzene rings is 2. The summed E-state index contributed by atoms with van der Waals surface area (Å²) in [6.07, 6.45) is 5.37. The monoisotopic (exact) mass is 541 g/mol. The molecule has 0 unspecified atom stereocenters. The second kappa shape index (κ2) is 9.59. The minimum Gasteiger partial charge on any atom is -0.377 e. The Hall–Kier alpha value is -1.57. The lowest BCUT2D eigenvalue weighted by molar-refractivity contribution is 0.0557. The van der Waals surface area contributed by atoms with Crippen LogP contribution in [-0.4, -0.2) is 21.0 Å². The number of hydrogen-bond donors (Lipinski definition) is 2. The molecular weight excluding hydrogens is 515 g/mol. The van der Waals surface area contributed by atoms with Crippen LogP contribution in [0, 0.1) is 0 Å². The lowest BCUT2D eigenvalue weighted by Crippen LogP contribution is -2.15. The second-order valence-corrected chi connectivity index (χ2v) is 10.9. The van der Waals surface area contributed by atoms with Gasteiger partial charge in [0.05, 0.1) is 12.1 Å². The molecule has 2 N–H and O–H groups in total. The van der Waals surface area contributed by atoms with Crippen LogP contribution in [-0.2, 0) is 41.0 Å². The van der Waals surface area contributed by atoms with Crippen LogP contribution < -0.4 is 0 Å². The average Bonchev–Trinajstić information content (AvgIpc) is 2.90. The van der Waals surface area contributed by atoms with Crippen LogP contribution in [0.4, 0.5) is 8.78 Å². The first-order chi connectivity index (χ1) is 15.6. The van der Waals surface area contributed by atoms with Crippen molar-refractivity contribution < 1.29 is 27.9 Å². The number of rotatable bonds is 7. The highest BCUT2D eigenvalue weighted by Gasteiger charge is 2.51. The minimum atomic E-state index is -5.64. The third-order valence-corrected chi connectivity index (χ3v) is 7.88. The van der Waals surface area contributed by atoms with E-state index < -0.39 is 18.8 Å². The van der Waals surface area contributed by atoms with Gasteiger partial charge < -0.3 is 19.1 Å². The molecule has 3 aromatic rings. The third-order valence-electron chi connectivity index (χ3n) is 6.25. The summed E-state index contributed by atoms with van der Waals surface area (Å²) in [7, 11) is -5.64. The van der Waals surface area contributed by atoms with Crippen molar-refractivity contribution in [2.24, 2.45) is 0 Å². The van der Waals surface area contributed by atoms with Gasteiger partial charge in [-0.15, -0.1) is 0 Å². The molecule has 0 radical (unpaired) electrons. The van der Waals surface area contributed by atoms with Gasteiger partial charge in [0.25, 0.3) is 0 Å². The first kappa shape index (κ1) is 24.6. The molecule has 9 heteroatoms. The Morgan fingerprint density at radius 3 is 2.61 bits per heavy atom. The zero-order valence-electron chi connectivity index (χ0n) is 18.4. The van der Waals surface area contributed by atoms with Gasteiger partial charge in [0.1, 0.15) is 0 Å². The SMILES string of the molecule is CCOCc1cccc2c3c(n(Cc4ccc(C(F)(F)P(=O)(O)O)c(Br)c4)c12)CCCCC3. The van der Waals surface area contributed by atoms with Crippen LogP contribution in [0.2, 0.25) is 0 Å². The van der Waals surface area contributed by atoms with Crippen molar-refractivity contribution >= 4 is 34.4 Å². The Kier molecular flexibility index (Phi) is 7.13. The largest absolute Gasteiger partial charge is 0.399 e. The van der Waals surface area contributed by atoms with Gasteiger partial charge in [-0.3, -0.25) is 4.57 Å². The summed E-state index contributed by atoms with van der Waals surface area (Å²) >= 11 is 3.11. The summed E-state index contributed by atoms with van der Waals surface area (Å²) < 4.78 is 47.8. The maximum Gasteiger partial charge on any atom is 0.399 e. The number of fused-ring (bicyclic) bond motifs is 3. The molecule has 0 saturated heterocycles. The molecule has 0 amide bonds. The zero-order chi connectivity index (χ0) is 23.8. The molecule has 1 aromatic heterocycles. The van der Waals surface area contributed by atoms with E-state index in [1.165, 1.54) is 35.2 Å². The number of hydrogen-bond acceptors (Lipinski definition) is 2. The number of halogens is 3. The van der Waals surface area contributed by atoms with E-state index in [2.05, 4.69) is 38.7 Å². The van der Waals surface area contributed by atoms with Crippen LogP contribution >= 0.6 is 23.5 Å². The highest BCUT2D eigenvalue weighted by atomic mass is 79.9. The first-order valence-electron chi connectivity index (χ1n) is 11.1. The van der Waals surface area contributed by atoms with Crippen LogP contribution in [0.5, 0.6) is 0 Å². The predicted octanol–water partition coefficient (Wildman–Crippen LogP) is 6.48. The molecule has 178 valence electrons. The van der Waals surface area contributed by atoms with Gasteiger partial charge in [-0.2, -0.15) is 8.78 Å². The number of para-hydroxylation sites is 1. The Balaban J connectivity index is 1.81. The van der Waals surface area contributed by atoms with Crippen molar-refractivity contribution in [3.63, 3.8) is 0 Å². The van der Waals surface area contributed by atoms with Gasteiger partial charge in [0, 0.05) is 39.8 Å². The minimum absolute atomic E-state index is 0.0228. The molecule has 0 bridgehead atoms. The quantitative estimate of drug-likeness (QED) is 0.265. The molecule has 1 aliphatic carbocycles. The van der Waals surface area contributed by atoms with Crippen molar-refractivity contribution in [2.45, 2.75) is 57.8 Å². The van der Waals surface area contributed by atoms with Crippen molar-refractivity contribution in [3.8, 4) is 0 Å². The number of alkyl halides is 2. The number of aryl methyl sites for hydroxylation is 1. The normalized spacial score (nSPS) is 15.0. The molecule has 0 saturated carbocycles. The van der Waals surface area contributed by atoms with E-state index >= 15 is 0 Å². The molecule has 1 aliphatic rings. The van der Waals surface area contributed by atoms with Gasteiger partial charge >= 0.3 is 13.3 Å². The summed E-state index contributed by atoms with van der Waals surface area (Å²) in [5, 5.41) is 1.22. The Morgan fingerprint density at radius 1 is 1.15 bits per heavy atom. The Labute approximate surface area is 200 Å². The van der Waals surface area contributed by atoms with Crippen molar-refractivity contribution in [3.05, 3.63) is 68.8 Å². The molecule has 0 atom stereocenters. The van der Waals surface area contributed by atoms with E-state index in [0.717, 1.165) is 48.4 Å². The third kappa shape index (κ3) is 4.69. The van der Waals surface area contributed by atoms with Crippen molar-refractivity contribution in [2.75, 3.05) is 6.61 Å². The van der Waals surface area contributed by atoms with E-state index in [1.54, 1.807) is 0 Å². The van der Waals surface area contributed by atoms with Crippen LogP contribution in [0.25, 0.3) is 10.9 Å². The van der Waals surface area contributed by atoms with Gasteiger partial charge in [0.15, 0.2) is 0 Å². The summed E-state index contributed by atoms with van der Waals surface area (Å²) in [6, 6.07) is 10.4. The average molecular weight is 542 g/mol. The van der Waals surface area contributed by atoms with Gasteiger partial charge in [-0.25, -0.2) is 0 Å². The van der Waals surface area contributed by atoms with Crippen LogP contribution in [0.1, 0.15) is 54.1 Å². The summed E-state index contributed by atoms with van der Waals surface area (Å²) in [4.78, 5) is 18.2. The number of nitrogens with zero attached hydrogens (tertiary/aromatic N) is 1. The molecule has 33 heavy (non-hydrogen) atoms. The predicted molar refractivity (Wildman–Crippen MR) is 128 cm³/mol. The van der Waals surface area contributed by atoms with Crippen molar-refractivity contribution in [1.29, 1.82) is 0 Å². The number of aromatic nitrogens is 1. The second-order valence-electron chi connectivity index (χ2n) is 8.42. The van der Waals surface area contributed by atoms with Gasteiger partial charge in [0.2, 0.25) is 0 Å². The maximum absolute atomic E-state index is 14.3. The molecular formula is C24H27BrF2NO4P. The summed E-state index contributed by atoms with van der Waals surface area (Å²) in [5.74, 6) is 0. The maximum atomic E-state index is 14.3. The van der Waals surface area contributed by atoms with E-state index in [1.807, 2.05) is 6.92 Å². The molecule has 5 nitrogen and oxygen atoms in total. The molecule has 4 rings (SSSR count). The van der Waals surface area contributed by atoms with E-state index in [0.29, 0.717) is 19.8 Å². The highest BCUT2D eigenvalue weighted by Crippen LogP contribution is 2.60.